The van der Waals surface area contributed by atoms with Gasteiger partial charge in [0.05, 0.1) is 16.8 Å². The van der Waals surface area contributed by atoms with Crippen molar-refractivity contribution in [3.63, 3.8) is 0 Å². The Bertz CT molecular complexity index is 2730. The molecule has 9 aromatic carbocycles. The molecule has 0 atom stereocenters. The van der Waals surface area contributed by atoms with Crippen molar-refractivity contribution >= 4 is 7.32 Å². The second-order valence-corrected chi connectivity index (χ2v) is 22.2. The van der Waals surface area contributed by atoms with Gasteiger partial charge in [-0.05, 0) is 127 Å². The predicted octanol–water partition coefficient (Wildman–Crippen LogP) is 17.4. The standard InChI is InChI=1S/C72H69BO3/c1-10-28-58(29-11-1)67(59-30-12-2-13-31-59)46-52-70(53-47-67,64-40-22-7-23-41-64)74-73(75-71(65-42-24-8-25-43-65)54-48-68(49-55-71,60-32-14-3-15-33-60)61-34-16-4-17-35-61)76-72(66-44-26-9-27-45-66)56-50-69(51-57-72,62-36-18-5-19-37-62)63-38-20-6-21-39-63/h1-45H,46-57H2. The van der Waals surface area contributed by atoms with Gasteiger partial charge >= 0.3 is 7.32 Å². The highest BCUT2D eigenvalue weighted by atomic mass is 16.8. The minimum absolute atomic E-state index is 0.193. The Balaban J connectivity index is 0.988. The Labute approximate surface area is 452 Å². The summed E-state index contributed by atoms with van der Waals surface area (Å²) in [6.07, 6.45) is 10.0. The summed E-state index contributed by atoms with van der Waals surface area (Å²) in [5, 5.41) is 0. The van der Waals surface area contributed by atoms with Crippen LogP contribution in [0.2, 0.25) is 0 Å². The molecule has 0 amide bonds. The lowest BCUT2D eigenvalue weighted by Crippen LogP contribution is -2.53. The largest absolute Gasteiger partial charge is 0.641 e. The SMILES string of the molecule is c1ccc(C2(OB(OC3(c4ccccc4)CCC(c4ccccc4)(c4ccccc4)CC3)OC3(c4ccccc4)CCC(c4ccccc4)(c4ccccc4)CC3)CCC(c3ccccc3)(c3ccccc3)CC2)cc1. The quantitative estimate of drug-likeness (QED) is 0.0958. The lowest BCUT2D eigenvalue weighted by molar-refractivity contribution is -0.129. The third-order valence-corrected chi connectivity index (χ3v) is 18.6. The molecule has 0 radical (unpaired) electrons. The highest BCUT2D eigenvalue weighted by Crippen LogP contribution is 2.58. The van der Waals surface area contributed by atoms with E-state index in [1.54, 1.807) is 0 Å². The fraction of sp³-hybridized carbons (Fsp3) is 0.250. The van der Waals surface area contributed by atoms with E-state index in [2.05, 4.69) is 273 Å². The fourth-order valence-corrected chi connectivity index (χ4v) is 14.3. The summed E-state index contributed by atoms with van der Waals surface area (Å²) in [6, 6.07) is 100. The van der Waals surface area contributed by atoms with Crippen molar-refractivity contribution in [3.8, 4) is 0 Å². The number of rotatable bonds is 15. The molecule has 0 saturated heterocycles. The van der Waals surface area contributed by atoms with E-state index in [0.717, 1.165) is 93.7 Å². The summed E-state index contributed by atoms with van der Waals surface area (Å²) >= 11 is 0. The molecule has 76 heavy (non-hydrogen) atoms. The van der Waals surface area contributed by atoms with E-state index in [1.165, 1.54) is 33.4 Å². The zero-order chi connectivity index (χ0) is 51.2. The van der Waals surface area contributed by atoms with Crippen LogP contribution in [0, 0.1) is 0 Å². The van der Waals surface area contributed by atoms with Gasteiger partial charge in [0.2, 0.25) is 0 Å². The van der Waals surface area contributed by atoms with Crippen LogP contribution in [0.1, 0.15) is 127 Å². The summed E-state index contributed by atoms with van der Waals surface area (Å²) in [6.45, 7) is 0. The molecule has 0 aromatic heterocycles. The Hall–Kier alpha value is -7.08. The van der Waals surface area contributed by atoms with Crippen LogP contribution in [0.4, 0.5) is 0 Å². The Morgan fingerprint density at radius 1 is 0.184 bits per heavy atom. The van der Waals surface area contributed by atoms with Crippen LogP contribution in [-0.2, 0) is 47.0 Å². The third-order valence-electron chi connectivity index (χ3n) is 18.6. The van der Waals surface area contributed by atoms with Crippen LogP contribution in [0.25, 0.3) is 0 Å². The molecule has 3 saturated carbocycles. The molecule has 378 valence electrons. The van der Waals surface area contributed by atoms with Gasteiger partial charge in [0.25, 0.3) is 0 Å². The number of hydrogen-bond donors (Lipinski definition) is 0. The van der Waals surface area contributed by atoms with Gasteiger partial charge in [-0.1, -0.05) is 273 Å². The van der Waals surface area contributed by atoms with Crippen molar-refractivity contribution < 1.29 is 14.0 Å². The molecule has 12 rings (SSSR count). The molecular formula is C72H69BO3. The lowest BCUT2D eigenvalue weighted by Gasteiger charge is -2.52. The molecule has 9 aromatic rings. The fourth-order valence-electron chi connectivity index (χ4n) is 14.3. The first-order valence-electron chi connectivity index (χ1n) is 28.0. The Kier molecular flexibility index (Phi) is 14.1. The van der Waals surface area contributed by atoms with Crippen LogP contribution in [0.15, 0.2) is 273 Å². The van der Waals surface area contributed by atoms with Crippen molar-refractivity contribution in [2.45, 2.75) is 110 Å². The molecule has 0 N–H and O–H groups in total. The summed E-state index contributed by atoms with van der Waals surface area (Å²) in [5.41, 5.74) is 8.82. The minimum atomic E-state index is -1.04. The Morgan fingerprint density at radius 3 is 0.487 bits per heavy atom. The Morgan fingerprint density at radius 2 is 0.329 bits per heavy atom. The van der Waals surface area contributed by atoms with Gasteiger partial charge < -0.3 is 14.0 Å². The van der Waals surface area contributed by atoms with E-state index in [1.807, 2.05) is 0 Å². The van der Waals surface area contributed by atoms with E-state index in [9.17, 15) is 0 Å². The van der Waals surface area contributed by atoms with Gasteiger partial charge in [0, 0.05) is 16.2 Å². The van der Waals surface area contributed by atoms with Gasteiger partial charge in [0.15, 0.2) is 0 Å². The lowest BCUT2D eigenvalue weighted by atomic mass is 9.60. The topological polar surface area (TPSA) is 27.7 Å². The van der Waals surface area contributed by atoms with Crippen molar-refractivity contribution in [2.24, 2.45) is 0 Å². The third kappa shape index (κ3) is 9.40. The van der Waals surface area contributed by atoms with E-state index < -0.39 is 24.1 Å². The number of benzene rings is 9. The maximum absolute atomic E-state index is 8.13. The monoisotopic (exact) mass is 993 g/mol. The molecule has 3 aliphatic rings. The molecule has 0 spiro atoms. The normalized spacial score (nSPS) is 18.9. The summed E-state index contributed by atoms with van der Waals surface area (Å²) in [7, 11) is -1.04. The first-order chi connectivity index (χ1) is 37.5. The van der Waals surface area contributed by atoms with Gasteiger partial charge in [-0.2, -0.15) is 0 Å². The molecule has 0 bridgehead atoms. The van der Waals surface area contributed by atoms with Crippen molar-refractivity contribution in [1.29, 1.82) is 0 Å². The number of hydrogen-bond acceptors (Lipinski definition) is 3. The summed E-state index contributed by atoms with van der Waals surface area (Å²) in [5.74, 6) is 0. The van der Waals surface area contributed by atoms with Gasteiger partial charge in [0.1, 0.15) is 0 Å². The van der Waals surface area contributed by atoms with E-state index >= 15 is 0 Å². The maximum Gasteiger partial charge on any atom is 0.641 e. The second kappa shape index (κ2) is 21.5. The van der Waals surface area contributed by atoms with Gasteiger partial charge in [-0.25, -0.2) is 0 Å². The van der Waals surface area contributed by atoms with Crippen LogP contribution < -0.4 is 0 Å². The highest BCUT2D eigenvalue weighted by molar-refractivity contribution is 6.37. The highest BCUT2D eigenvalue weighted by Gasteiger charge is 2.56. The van der Waals surface area contributed by atoms with E-state index in [4.69, 9.17) is 14.0 Å². The first-order valence-corrected chi connectivity index (χ1v) is 28.0. The first kappa shape index (κ1) is 49.8. The van der Waals surface area contributed by atoms with Crippen molar-refractivity contribution in [1.82, 2.24) is 0 Å². The van der Waals surface area contributed by atoms with E-state index in [-0.39, 0.29) is 16.2 Å². The van der Waals surface area contributed by atoms with Crippen LogP contribution in [-0.4, -0.2) is 7.32 Å². The zero-order valence-electron chi connectivity index (χ0n) is 43.8. The van der Waals surface area contributed by atoms with Crippen molar-refractivity contribution in [2.75, 3.05) is 0 Å². The smallest absolute Gasteiger partial charge is 0.376 e. The molecule has 0 aliphatic heterocycles. The average molecular weight is 993 g/mol. The van der Waals surface area contributed by atoms with Crippen LogP contribution in [0.5, 0.6) is 0 Å². The minimum Gasteiger partial charge on any atom is -0.376 e. The molecule has 0 unspecified atom stereocenters. The van der Waals surface area contributed by atoms with Crippen molar-refractivity contribution in [3.05, 3.63) is 323 Å². The van der Waals surface area contributed by atoms with Crippen LogP contribution in [0.3, 0.4) is 0 Å². The van der Waals surface area contributed by atoms with E-state index in [0.29, 0.717) is 0 Å². The molecule has 3 aliphatic carbocycles. The second-order valence-electron chi connectivity index (χ2n) is 22.2. The van der Waals surface area contributed by atoms with Gasteiger partial charge in [-0.15, -0.1) is 0 Å². The van der Waals surface area contributed by atoms with Gasteiger partial charge in [-0.3, -0.25) is 0 Å². The molecular weight excluding hydrogens is 924 g/mol. The average Bonchev–Trinajstić information content (AvgIpc) is 3.53. The predicted molar refractivity (Wildman–Crippen MR) is 310 cm³/mol. The van der Waals surface area contributed by atoms with Crippen LogP contribution >= 0.6 is 0 Å². The molecule has 4 heteroatoms. The molecule has 3 fully saturated rings. The zero-order valence-corrected chi connectivity index (χ0v) is 43.8. The summed E-state index contributed by atoms with van der Waals surface area (Å²) < 4.78 is 24.4. The molecule has 0 heterocycles. The molecule has 3 nitrogen and oxygen atoms in total. The maximum atomic E-state index is 8.13. The summed E-state index contributed by atoms with van der Waals surface area (Å²) in [4.78, 5) is 0.